The zero-order chi connectivity index (χ0) is 11.8. The lowest BCUT2D eigenvalue weighted by molar-refractivity contribution is -0.139. The van der Waals surface area contributed by atoms with Crippen molar-refractivity contribution < 1.29 is 17.6 Å². The van der Waals surface area contributed by atoms with Crippen molar-refractivity contribution in [2.24, 2.45) is 0 Å². The summed E-state index contributed by atoms with van der Waals surface area (Å²) in [5.74, 6) is -1.20. The van der Waals surface area contributed by atoms with Crippen LogP contribution in [0.15, 0.2) is 30.4 Å². The van der Waals surface area contributed by atoms with Crippen LogP contribution in [0.2, 0.25) is 0 Å². The molecule has 1 heterocycles. The summed E-state index contributed by atoms with van der Waals surface area (Å²) >= 11 is 0. The molecule has 0 spiro atoms. The molecule has 0 saturated heterocycles. The van der Waals surface area contributed by atoms with Gasteiger partial charge in [-0.25, -0.2) is 4.39 Å². The van der Waals surface area contributed by atoms with Crippen molar-refractivity contribution in [3.8, 4) is 0 Å². The lowest BCUT2D eigenvalue weighted by Gasteiger charge is -2.20. The van der Waals surface area contributed by atoms with Gasteiger partial charge in [-0.3, -0.25) is 0 Å². The van der Waals surface area contributed by atoms with Gasteiger partial charge in [-0.05, 0) is 12.1 Å². The molecule has 0 aliphatic carbocycles. The fraction of sp³-hybridized carbons (Fsp3) is 0.273. The minimum atomic E-state index is -4.65. The second kappa shape index (κ2) is 3.81. The molecule has 0 atom stereocenters. The molecular formula is C11H9F4N. The molecule has 0 radical (unpaired) electrons. The minimum Gasteiger partial charge on any atom is -0.362 e. The van der Waals surface area contributed by atoms with E-state index in [0.29, 0.717) is 13.1 Å². The van der Waals surface area contributed by atoms with E-state index in [9.17, 15) is 17.6 Å². The molecule has 2 rings (SSSR count). The Morgan fingerprint density at radius 3 is 2.25 bits per heavy atom. The van der Waals surface area contributed by atoms with Crippen LogP contribution in [-0.4, -0.2) is 13.1 Å². The third kappa shape index (κ3) is 1.89. The summed E-state index contributed by atoms with van der Waals surface area (Å²) in [5, 5.41) is 0. The second-order valence-electron chi connectivity index (χ2n) is 3.51. The first-order valence-corrected chi connectivity index (χ1v) is 4.76. The standard InChI is InChI=1S/C11H9F4N/c12-10-8(11(13,14)15)4-3-5-9(10)16-6-1-2-7-16/h1-5H,6-7H2. The summed E-state index contributed by atoms with van der Waals surface area (Å²) in [6.07, 6.45) is -1.06. The number of benzene rings is 1. The predicted octanol–water partition coefficient (Wildman–Crippen LogP) is 3.22. The van der Waals surface area contributed by atoms with Crippen LogP contribution in [0, 0.1) is 5.82 Å². The normalized spacial score (nSPS) is 15.9. The highest BCUT2D eigenvalue weighted by Gasteiger charge is 2.35. The highest BCUT2D eigenvalue weighted by molar-refractivity contribution is 5.53. The number of rotatable bonds is 1. The summed E-state index contributed by atoms with van der Waals surface area (Å²) in [4.78, 5) is 1.55. The summed E-state index contributed by atoms with van der Waals surface area (Å²) in [6, 6.07) is 3.33. The molecule has 1 nitrogen and oxygen atoms in total. The SMILES string of the molecule is Fc1c(N2CC=CC2)cccc1C(F)(F)F. The monoisotopic (exact) mass is 231 g/mol. The van der Waals surface area contributed by atoms with E-state index < -0.39 is 17.6 Å². The van der Waals surface area contributed by atoms with Gasteiger partial charge in [-0.2, -0.15) is 13.2 Å². The van der Waals surface area contributed by atoms with Crippen molar-refractivity contribution in [1.82, 2.24) is 0 Å². The van der Waals surface area contributed by atoms with Gasteiger partial charge in [-0.1, -0.05) is 18.2 Å². The number of anilines is 1. The van der Waals surface area contributed by atoms with Gasteiger partial charge in [0, 0.05) is 13.1 Å². The van der Waals surface area contributed by atoms with Crippen LogP contribution in [0.25, 0.3) is 0 Å². The fourth-order valence-corrected chi connectivity index (χ4v) is 1.66. The summed E-state index contributed by atoms with van der Waals surface area (Å²) in [5.41, 5.74) is -1.21. The summed E-state index contributed by atoms with van der Waals surface area (Å²) in [7, 11) is 0. The first-order chi connectivity index (χ1) is 7.50. The van der Waals surface area contributed by atoms with Gasteiger partial charge < -0.3 is 4.90 Å². The van der Waals surface area contributed by atoms with Crippen LogP contribution < -0.4 is 4.90 Å². The van der Waals surface area contributed by atoms with E-state index in [0.717, 1.165) is 6.07 Å². The zero-order valence-corrected chi connectivity index (χ0v) is 8.26. The van der Waals surface area contributed by atoms with Gasteiger partial charge >= 0.3 is 6.18 Å². The Morgan fingerprint density at radius 1 is 1.06 bits per heavy atom. The van der Waals surface area contributed by atoms with Crippen molar-refractivity contribution in [2.75, 3.05) is 18.0 Å². The Morgan fingerprint density at radius 2 is 1.69 bits per heavy atom. The smallest absolute Gasteiger partial charge is 0.362 e. The number of hydrogen-bond acceptors (Lipinski definition) is 1. The molecule has 86 valence electrons. The maximum absolute atomic E-state index is 13.6. The van der Waals surface area contributed by atoms with Crippen molar-refractivity contribution in [1.29, 1.82) is 0 Å². The van der Waals surface area contributed by atoms with Crippen molar-refractivity contribution in [3.63, 3.8) is 0 Å². The van der Waals surface area contributed by atoms with E-state index in [4.69, 9.17) is 0 Å². The Hall–Kier alpha value is -1.52. The summed E-state index contributed by atoms with van der Waals surface area (Å²) < 4.78 is 51.0. The topological polar surface area (TPSA) is 3.24 Å². The van der Waals surface area contributed by atoms with Crippen molar-refractivity contribution in [3.05, 3.63) is 41.7 Å². The third-order valence-electron chi connectivity index (χ3n) is 2.44. The molecule has 0 amide bonds. The molecule has 0 N–H and O–H groups in total. The van der Waals surface area contributed by atoms with Gasteiger partial charge in [0.1, 0.15) is 0 Å². The zero-order valence-electron chi connectivity index (χ0n) is 8.26. The first-order valence-electron chi connectivity index (χ1n) is 4.76. The van der Waals surface area contributed by atoms with E-state index in [-0.39, 0.29) is 5.69 Å². The van der Waals surface area contributed by atoms with Gasteiger partial charge in [0.2, 0.25) is 0 Å². The highest BCUT2D eigenvalue weighted by Crippen LogP contribution is 2.35. The second-order valence-corrected chi connectivity index (χ2v) is 3.51. The van der Waals surface area contributed by atoms with E-state index >= 15 is 0 Å². The maximum atomic E-state index is 13.6. The largest absolute Gasteiger partial charge is 0.419 e. The average Bonchev–Trinajstić information content (AvgIpc) is 2.69. The van der Waals surface area contributed by atoms with E-state index in [1.807, 2.05) is 0 Å². The number of hydrogen-bond donors (Lipinski definition) is 0. The van der Waals surface area contributed by atoms with Crippen LogP contribution in [0.4, 0.5) is 23.2 Å². The molecule has 0 bridgehead atoms. The predicted molar refractivity (Wildman–Crippen MR) is 52.8 cm³/mol. The van der Waals surface area contributed by atoms with E-state index in [2.05, 4.69) is 0 Å². The number of halogens is 4. The highest BCUT2D eigenvalue weighted by atomic mass is 19.4. The van der Waals surface area contributed by atoms with Gasteiger partial charge in [0.25, 0.3) is 0 Å². The molecule has 0 fully saturated rings. The van der Waals surface area contributed by atoms with Gasteiger partial charge in [0.05, 0.1) is 11.3 Å². The number of nitrogens with zero attached hydrogens (tertiary/aromatic N) is 1. The Bertz CT molecular complexity index is 414. The molecule has 1 aliphatic rings. The van der Waals surface area contributed by atoms with Crippen molar-refractivity contribution in [2.45, 2.75) is 6.18 Å². The Balaban J connectivity index is 2.40. The minimum absolute atomic E-state index is 0.000162. The quantitative estimate of drug-likeness (QED) is 0.530. The molecule has 1 aromatic carbocycles. The van der Waals surface area contributed by atoms with Crippen LogP contribution in [0.1, 0.15) is 5.56 Å². The maximum Gasteiger partial charge on any atom is 0.419 e. The van der Waals surface area contributed by atoms with Crippen LogP contribution in [0.3, 0.4) is 0 Å². The Labute approximate surface area is 90.0 Å². The molecule has 1 aromatic rings. The molecule has 0 saturated carbocycles. The molecule has 16 heavy (non-hydrogen) atoms. The molecule has 0 unspecified atom stereocenters. The lowest BCUT2D eigenvalue weighted by atomic mass is 10.1. The van der Waals surface area contributed by atoms with Gasteiger partial charge in [0.15, 0.2) is 5.82 Å². The Kier molecular flexibility index (Phi) is 2.61. The number of alkyl halides is 3. The van der Waals surface area contributed by atoms with E-state index in [1.54, 1.807) is 17.1 Å². The van der Waals surface area contributed by atoms with Gasteiger partial charge in [-0.15, -0.1) is 0 Å². The molecule has 0 aromatic heterocycles. The molecule has 1 aliphatic heterocycles. The first kappa shape index (κ1) is 11.0. The van der Waals surface area contributed by atoms with Crippen molar-refractivity contribution >= 4 is 5.69 Å². The summed E-state index contributed by atoms with van der Waals surface area (Å²) in [6.45, 7) is 0.885. The fourth-order valence-electron chi connectivity index (χ4n) is 1.66. The third-order valence-corrected chi connectivity index (χ3v) is 2.44. The van der Waals surface area contributed by atoms with E-state index in [1.165, 1.54) is 12.1 Å². The van der Waals surface area contributed by atoms with Crippen LogP contribution in [-0.2, 0) is 6.18 Å². The lowest BCUT2D eigenvalue weighted by Crippen LogP contribution is -2.21. The molecular weight excluding hydrogens is 222 g/mol. The molecule has 5 heteroatoms. The average molecular weight is 231 g/mol. The van der Waals surface area contributed by atoms with Crippen LogP contribution in [0.5, 0.6) is 0 Å². The van der Waals surface area contributed by atoms with Crippen LogP contribution >= 0.6 is 0 Å².